The van der Waals surface area contributed by atoms with Crippen molar-refractivity contribution in [1.82, 2.24) is 0 Å². The molecule has 1 rings (SSSR count). The molecular formula is C15H23N3O2. The molecule has 0 amide bonds. The van der Waals surface area contributed by atoms with E-state index in [0.29, 0.717) is 32.0 Å². The summed E-state index contributed by atoms with van der Waals surface area (Å²) in [5.41, 5.74) is 7.96. The zero-order valence-corrected chi connectivity index (χ0v) is 12.2. The summed E-state index contributed by atoms with van der Waals surface area (Å²) >= 11 is 0. The van der Waals surface area contributed by atoms with Crippen LogP contribution in [0.3, 0.4) is 0 Å². The number of anilines is 1. The lowest BCUT2D eigenvalue weighted by Crippen LogP contribution is -2.22. The fourth-order valence-electron chi connectivity index (χ4n) is 1.67. The standard InChI is InChI=1S/C15H23N3O2/c1-3-12-7-9-13(10-8-12)18-15(16)17-11-5-6-14(19)20-4-2/h7-10H,3-6,11H2,1-2H3,(H3,16,17,18). The van der Waals surface area contributed by atoms with Crippen molar-refractivity contribution in [3.05, 3.63) is 29.8 Å². The summed E-state index contributed by atoms with van der Waals surface area (Å²) in [5, 5.41) is 3.02. The SMILES string of the molecule is CCOC(=O)CCCN=C(N)Nc1ccc(CC)cc1. The molecule has 0 unspecified atom stereocenters. The largest absolute Gasteiger partial charge is 0.466 e. The predicted octanol–water partition coefficient (Wildman–Crippen LogP) is 2.32. The lowest BCUT2D eigenvalue weighted by atomic mass is 10.1. The Morgan fingerprint density at radius 1 is 1.30 bits per heavy atom. The number of benzene rings is 1. The molecule has 5 nitrogen and oxygen atoms in total. The van der Waals surface area contributed by atoms with Crippen LogP contribution in [0.15, 0.2) is 29.3 Å². The molecule has 0 heterocycles. The number of aliphatic imine (C=N–C) groups is 1. The summed E-state index contributed by atoms with van der Waals surface area (Å²) in [6.45, 7) is 4.83. The van der Waals surface area contributed by atoms with Crippen molar-refractivity contribution in [2.75, 3.05) is 18.5 Å². The Bertz CT molecular complexity index is 441. The van der Waals surface area contributed by atoms with Gasteiger partial charge in [0.15, 0.2) is 5.96 Å². The van der Waals surface area contributed by atoms with E-state index in [9.17, 15) is 4.79 Å². The second kappa shape index (κ2) is 8.96. The number of nitrogens with one attached hydrogen (secondary N) is 1. The maximum absolute atomic E-state index is 11.1. The molecule has 0 saturated carbocycles. The quantitative estimate of drug-likeness (QED) is 0.347. The summed E-state index contributed by atoms with van der Waals surface area (Å²) in [4.78, 5) is 15.3. The van der Waals surface area contributed by atoms with Crippen molar-refractivity contribution in [3.63, 3.8) is 0 Å². The Kier molecular flexibility index (Phi) is 7.17. The molecule has 0 radical (unpaired) electrons. The third kappa shape index (κ3) is 6.22. The molecule has 0 aliphatic heterocycles. The van der Waals surface area contributed by atoms with Crippen LogP contribution in [0, 0.1) is 0 Å². The smallest absolute Gasteiger partial charge is 0.305 e. The highest BCUT2D eigenvalue weighted by atomic mass is 16.5. The third-order valence-corrected chi connectivity index (χ3v) is 2.76. The van der Waals surface area contributed by atoms with Crippen LogP contribution in [0.2, 0.25) is 0 Å². The first-order valence-corrected chi connectivity index (χ1v) is 6.97. The van der Waals surface area contributed by atoms with E-state index in [-0.39, 0.29) is 5.97 Å². The van der Waals surface area contributed by atoms with Crippen molar-refractivity contribution in [2.45, 2.75) is 33.1 Å². The van der Waals surface area contributed by atoms with E-state index in [1.165, 1.54) is 5.56 Å². The first-order valence-electron chi connectivity index (χ1n) is 6.97. The number of aryl methyl sites for hydroxylation is 1. The number of rotatable bonds is 7. The number of nitrogens with zero attached hydrogens (tertiary/aromatic N) is 1. The number of carbonyl (C=O) groups excluding carboxylic acids is 1. The van der Waals surface area contributed by atoms with Crippen molar-refractivity contribution in [1.29, 1.82) is 0 Å². The predicted molar refractivity (Wildman–Crippen MR) is 81.8 cm³/mol. The molecule has 110 valence electrons. The number of hydrogen-bond donors (Lipinski definition) is 2. The number of ether oxygens (including phenoxy) is 1. The van der Waals surface area contributed by atoms with Crippen molar-refractivity contribution in [2.24, 2.45) is 10.7 Å². The van der Waals surface area contributed by atoms with E-state index in [0.717, 1.165) is 12.1 Å². The normalized spacial score (nSPS) is 11.2. The fraction of sp³-hybridized carbons (Fsp3) is 0.467. The van der Waals surface area contributed by atoms with E-state index in [4.69, 9.17) is 10.5 Å². The molecular weight excluding hydrogens is 254 g/mol. The monoisotopic (exact) mass is 277 g/mol. The number of nitrogens with two attached hydrogens (primary N) is 1. The molecule has 0 saturated heterocycles. The van der Waals surface area contributed by atoms with Gasteiger partial charge in [0.25, 0.3) is 0 Å². The second-order valence-electron chi connectivity index (χ2n) is 4.35. The molecule has 5 heteroatoms. The van der Waals surface area contributed by atoms with Gasteiger partial charge in [0, 0.05) is 18.7 Å². The van der Waals surface area contributed by atoms with Crippen LogP contribution in [0.1, 0.15) is 32.3 Å². The van der Waals surface area contributed by atoms with Crippen molar-refractivity contribution < 1.29 is 9.53 Å². The molecule has 1 aromatic carbocycles. The molecule has 0 aliphatic rings. The minimum atomic E-state index is -0.190. The van der Waals surface area contributed by atoms with Gasteiger partial charge in [-0.05, 0) is 37.5 Å². The van der Waals surface area contributed by atoms with Crippen LogP contribution in [0.4, 0.5) is 5.69 Å². The lowest BCUT2D eigenvalue weighted by Gasteiger charge is -2.06. The van der Waals surface area contributed by atoms with Crippen molar-refractivity contribution in [3.8, 4) is 0 Å². The van der Waals surface area contributed by atoms with Crippen LogP contribution in [-0.2, 0) is 16.0 Å². The zero-order valence-electron chi connectivity index (χ0n) is 12.2. The van der Waals surface area contributed by atoms with Gasteiger partial charge in [-0.15, -0.1) is 0 Å². The Morgan fingerprint density at radius 3 is 2.60 bits per heavy atom. The Hall–Kier alpha value is -2.04. The highest BCUT2D eigenvalue weighted by Crippen LogP contribution is 2.09. The second-order valence-corrected chi connectivity index (χ2v) is 4.35. The lowest BCUT2D eigenvalue weighted by molar-refractivity contribution is -0.143. The van der Waals surface area contributed by atoms with Gasteiger partial charge in [-0.1, -0.05) is 19.1 Å². The molecule has 0 fully saturated rings. The van der Waals surface area contributed by atoms with Gasteiger partial charge in [-0.25, -0.2) is 0 Å². The van der Waals surface area contributed by atoms with E-state index in [1.807, 2.05) is 12.1 Å². The number of carbonyl (C=O) groups is 1. The first-order chi connectivity index (χ1) is 9.65. The zero-order chi connectivity index (χ0) is 14.8. The van der Waals surface area contributed by atoms with Crippen molar-refractivity contribution >= 4 is 17.6 Å². The summed E-state index contributed by atoms with van der Waals surface area (Å²) in [6, 6.07) is 8.05. The highest BCUT2D eigenvalue weighted by Gasteiger charge is 2.00. The van der Waals surface area contributed by atoms with Gasteiger partial charge >= 0.3 is 5.97 Å². The maximum Gasteiger partial charge on any atom is 0.305 e. The molecule has 0 aliphatic carbocycles. The topological polar surface area (TPSA) is 76.7 Å². The minimum absolute atomic E-state index is 0.190. The summed E-state index contributed by atoms with van der Waals surface area (Å²) < 4.78 is 4.83. The van der Waals surface area contributed by atoms with Gasteiger partial charge in [0.05, 0.1) is 6.61 Å². The third-order valence-electron chi connectivity index (χ3n) is 2.76. The molecule has 3 N–H and O–H groups in total. The Morgan fingerprint density at radius 2 is 2.00 bits per heavy atom. The summed E-state index contributed by atoms with van der Waals surface area (Å²) in [7, 11) is 0. The maximum atomic E-state index is 11.1. The molecule has 0 atom stereocenters. The molecule has 20 heavy (non-hydrogen) atoms. The minimum Gasteiger partial charge on any atom is -0.466 e. The number of hydrogen-bond acceptors (Lipinski definition) is 3. The summed E-state index contributed by atoms with van der Waals surface area (Å²) in [6.07, 6.45) is 2.02. The van der Waals surface area contributed by atoms with E-state index < -0.39 is 0 Å². The molecule has 0 aromatic heterocycles. The van der Waals surface area contributed by atoms with Crippen LogP contribution in [-0.4, -0.2) is 25.1 Å². The molecule has 0 spiro atoms. The van der Waals surface area contributed by atoms with Crippen LogP contribution in [0.5, 0.6) is 0 Å². The first kappa shape index (κ1) is 16.0. The van der Waals surface area contributed by atoms with Gasteiger partial charge in [0.2, 0.25) is 0 Å². The van der Waals surface area contributed by atoms with Gasteiger partial charge in [-0.3, -0.25) is 9.79 Å². The molecule has 1 aromatic rings. The van der Waals surface area contributed by atoms with Gasteiger partial charge in [0.1, 0.15) is 0 Å². The number of esters is 1. The van der Waals surface area contributed by atoms with E-state index in [1.54, 1.807) is 6.92 Å². The fourth-order valence-corrected chi connectivity index (χ4v) is 1.67. The van der Waals surface area contributed by atoms with Gasteiger partial charge < -0.3 is 15.8 Å². The van der Waals surface area contributed by atoms with E-state index in [2.05, 4.69) is 29.4 Å². The Balaban J connectivity index is 2.32. The highest BCUT2D eigenvalue weighted by molar-refractivity contribution is 5.92. The number of guanidine groups is 1. The average molecular weight is 277 g/mol. The van der Waals surface area contributed by atoms with E-state index >= 15 is 0 Å². The van der Waals surface area contributed by atoms with Crippen LogP contribution in [0.25, 0.3) is 0 Å². The summed E-state index contributed by atoms with van der Waals surface area (Å²) in [5.74, 6) is 0.169. The Labute approximate surface area is 120 Å². The average Bonchev–Trinajstić information content (AvgIpc) is 2.45. The van der Waals surface area contributed by atoms with Crippen LogP contribution >= 0.6 is 0 Å². The molecule has 0 bridgehead atoms. The van der Waals surface area contributed by atoms with Crippen LogP contribution < -0.4 is 11.1 Å². The van der Waals surface area contributed by atoms with Gasteiger partial charge in [-0.2, -0.15) is 0 Å².